The summed E-state index contributed by atoms with van der Waals surface area (Å²) >= 11 is 2.10. The highest BCUT2D eigenvalue weighted by molar-refractivity contribution is 8.07. The molecule has 0 saturated heterocycles. The highest BCUT2D eigenvalue weighted by Gasteiger charge is 2.20. The van der Waals surface area contributed by atoms with Gasteiger partial charge in [-0.05, 0) is 37.6 Å². The number of thioether (sulfide) groups is 1. The van der Waals surface area contributed by atoms with Crippen LogP contribution < -0.4 is 10.6 Å². The van der Waals surface area contributed by atoms with Crippen molar-refractivity contribution in [3.8, 4) is 0 Å². The van der Waals surface area contributed by atoms with Crippen molar-refractivity contribution in [1.29, 1.82) is 0 Å². The van der Waals surface area contributed by atoms with Gasteiger partial charge in [-0.25, -0.2) is 0 Å². The number of rotatable bonds is 6. The van der Waals surface area contributed by atoms with Gasteiger partial charge in [-0.1, -0.05) is 67.6 Å². The van der Waals surface area contributed by atoms with Gasteiger partial charge in [-0.3, -0.25) is 0 Å². The molecule has 0 saturated carbocycles. The Balaban J connectivity index is 2.29. The highest BCUT2D eigenvalue weighted by atomic mass is 32.2. The normalized spacial score (nSPS) is 12.6. The standard InChI is InChI=1S/C17H21PS/c1-3-14-19-15(2)18(16-10-6-4-7-11-16)17-12-8-5-9-13-17/h4-13,15H,3,14H2,1-2H3. The molecule has 0 aliphatic heterocycles. The van der Waals surface area contributed by atoms with E-state index < -0.39 is 0 Å². The molecule has 0 bridgehead atoms. The summed E-state index contributed by atoms with van der Waals surface area (Å²) < 4.78 is 0. The average Bonchev–Trinajstić information content (AvgIpc) is 2.47. The zero-order valence-electron chi connectivity index (χ0n) is 11.6. The summed E-state index contributed by atoms with van der Waals surface area (Å²) in [5.41, 5.74) is 0. The van der Waals surface area contributed by atoms with Gasteiger partial charge in [0.05, 0.1) is 0 Å². The van der Waals surface area contributed by atoms with Crippen LogP contribution in [0.4, 0.5) is 0 Å². The molecule has 0 fully saturated rings. The number of benzene rings is 2. The van der Waals surface area contributed by atoms with Crippen molar-refractivity contribution >= 4 is 30.3 Å². The van der Waals surface area contributed by atoms with Gasteiger partial charge in [0.25, 0.3) is 0 Å². The maximum atomic E-state index is 2.38. The zero-order valence-corrected chi connectivity index (χ0v) is 13.3. The summed E-state index contributed by atoms with van der Waals surface area (Å²) in [6.45, 7) is 4.64. The summed E-state index contributed by atoms with van der Waals surface area (Å²) in [5, 5.41) is 2.97. The van der Waals surface area contributed by atoms with Crippen molar-refractivity contribution in [1.82, 2.24) is 0 Å². The van der Waals surface area contributed by atoms with E-state index in [9.17, 15) is 0 Å². The second-order valence-electron chi connectivity index (χ2n) is 4.51. The fourth-order valence-electron chi connectivity index (χ4n) is 2.11. The smallest absolute Gasteiger partial charge is 0.0300 e. The van der Waals surface area contributed by atoms with E-state index in [2.05, 4.69) is 86.3 Å². The summed E-state index contributed by atoms with van der Waals surface area (Å²) in [6.07, 6.45) is 1.25. The van der Waals surface area contributed by atoms with E-state index in [-0.39, 0.29) is 7.92 Å². The van der Waals surface area contributed by atoms with Gasteiger partial charge >= 0.3 is 0 Å². The Morgan fingerprint density at radius 1 is 0.895 bits per heavy atom. The first kappa shape index (κ1) is 14.6. The largest absolute Gasteiger partial charge is 0.154 e. The van der Waals surface area contributed by atoms with Crippen LogP contribution in [0, 0.1) is 0 Å². The maximum Gasteiger partial charge on any atom is 0.0300 e. The van der Waals surface area contributed by atoms with E-state index in [1.165, 1.54) is 22.8 Å². The van der Waals surface area contributed by atoms with E-state index in [1.54, 1.807) is 0 Å². The van der Waals surface area contributed by atoms with Crippen molar-refractivity contribution in [3.63, 3.8) is 0 Å². The van der Waals surface area contributed by atoms with Crippen molar-refractivity contribution in [2.45, 2.75) is 25.3 Å². The summed E-state index contributed by atoms with van der Waals surface area (Å²) in [7, 11) is -0.261. The minimum Gasteiger partial charge on any atom is -0.154 e. The van der Waals surface area contributed by atoms with Crippen LogP contribution in [-0.4, -0.2) is 10.7 Å². The summed E-state index contributed by atoms with van der Waals surface area (Å²) in [6, 6.07) is 22.0. The average molecular weight is 288 g/mol. The van der Waals surface area contributed by atoms with Gasteiger partial charge < -0.3 is 0 Å². The zero-order chi connectivity index (χ0) is 13.5. The Hall–Kier alpha value is -0.780. The molecule has 2 aromatic rings. The lowest BCUT2D eigenvalue weighted by Gasteiger charge is -2.25. The van der Waals surface area contributed by atoms with Crippen LogP contribution in [0.2, 0.25) is 0 Å². The second kappa shape index (κ2) is 7.72. The molecule has 19 heavy (non-hydrogen) atoms. The molecule has 1 unspecified atom stereocenters. The Morgan fingerprint density at radius 3 is 1.79 bits per heavy atom. The first-order valence-corrected chi connectivity index (χ1v) is 9.30. The molecule has 0 radical (unpaired) electrons. The molecule has 0 amide bonds. The van der Waals surface area contributed by atoms with Gasteiger partial charge in [0.15, 0.2) is 0 Å². The van der Waals surface area contributed by atoms with E-state index in [0.29, 0.717) is 4.99 Å². The van der Waals surface area contributed by atoms with Gasteiger partial charge in [-0.15, -0.1) is 0 Å². The lowest BCUT2D eigenvalue weighted by atomic mass is 10.4. The van der Waals surface area contributed by atoms with Gasteiger partial charge in [-0.2, -0.15) is 11.8 Å². The van der Waals surface area contributed by atoms with E-state index in [1.807, 2.05) is 0 Å². The summed E-state index contributed by atoms with van der Waals surface area (Å²) in [5.74, 6) is 1.25. The first-order valence-electron chi connectivity index (χ1n) is 6.84. The van der Waals surface area contributed by atoms with E-state index in [0.717, 1.165) is 0 Å². The van der Waals surface area contributed by atoms with Crippen LogP contribution in [-0.2, 0) is 0 Å². The molecule has 0 aliphatic carbocycles. The molecule has 2 rings (SSSR count). The molecule has 0 heterocycles. The van der Waals surface area contributed by atoms with Crippen LogP contribution in [0.15, 0.2) is 60.7 Å². The molecular formula is C17H21PS. The molecule has 0 N–H and O–H groups in total. The second-order valence-corrected chi connectivity index (χ2v) is 8.86. The van der Waals surface area contributed by atoms with Crippen LogP contribution in [0.3, 0.4) is 0 Å². The number of hydrogen-bond donors (Lipinski definition) is 0. The quantitative estimate of drug-likeness (QED) is 0.700. The minimum atomic E-state index is -0.261. The summed E-state index contributed by atoms with van der Waals surface area (Å²) in [4.78, 5) is 0.666. The van der Waals surface area contributed by atoms with Crippen molar-refractivity contribution in [3.05, 3.63) is 60.7 Å². The van der Waals surface area contributed by atoms with E-state index >= 15 is 0 Å². The Bertz CT molecular complexity index is 430. The van der Waals surface area contributed by atoms with Crippen LogP contribution in [0.1, 0.15) is 20.3 Å². The SMILES string of the molecule is CCCSC(C)P(c1ccccc1)c1ccccc1. The fourth-order valence-corrected chi connectivity index (χ4v) is 6.45. The lowest BCUT2D eigenvalue weighted by molar-refractivity contribution is 1.10. The molecule has 0 nitrogen and oxygen atoms in total. The molecule has 0 aromatic heterocycles. The molecule has 0 spiro atoms. The number of hydrogen-bond acceptors (Lipinski definition) is 1. The molecule has 1 atom stereocenters. The Labute approximate surface area is 122 Å². The van der Waals surface area contributed by atoms with Gasteiger partial charge in [0.2, 0.25) is 0 Å². The molecule has 100 valence electrons. The minimum absolute atomic E-state index is 0.261. The van der Waals surface area contributed by atoms with Crippen LogP contribution >= 0.6 is 19.7 Å². The van der Waals surface area contributed by atoms with Gasteiger partial charge in [0, 0.05) is 4.99 Å². The molecule has 2 aromatic carbocycles. The maximum absolute atomic E-state index is 2.38. The predicted molar refractivity (Wildman–Crippen MR) is 91.3 cm³/mol. The topological polar surface area (TPSA) is 0 Å². The molecule has 0 aliphatic rings. The van der Waals surface area contributed by atoms with Gasteiger partial charge in [0.1, 0.15) is 0 Å². The Morgan fingerprint density at radius 2 is 1.37 bits per heavy atom. The predicted octanol–water partition coefficient (Wildman–Crippen LogP) is 4.61. The van der Waals surface area contributed by atoms with Crippen molar-refractivity contribution in [2.24, 2.45) is 0 Å². The third-order valence-corrected chi connectivity index (χ3v) is 7.64. The third-order valence-electron chi connectivity index (χ3n) is 3.00. The fraction of sp³-hybridized carbons (Fsp3) is 0.294. The highest BCUT2D eigenvalue weighted by Crippen LogP contribution is 2.44. The van der Waals surface area contributed by atoms with Crippen molar-refractivity contribution in [2.75, 3.05) is 5.75 Å². The third kappa shape index (κ3) is 4.09. The van der Waals surface area contributed by atoms with Crippen molar-refractivity contribution < 1.29 is 0 Å². The monoisotopic (exact) mass is 288 g/mol. The first-order chi connectivity index (χ1) is 9.33. The molecule has 2 heteroatoms. The van der Waals surface area contributed by atoms with E-state index in [4.69, 9.17) is 0 Å². The molecular weight excluding hydrogens is 267 g/mol. The Kier molecular flexibility index (Phi) is 5.94. The lowest BCUT2D eigenvalue weighted by Crippen LogP contribution is -2.18. The van der Waals surface area contributed by atoms with Crippen LogP contribution in [0.25, 0.3) is 0 Å². The van der Waals surface area contributed by atoms with Crippen LogP contribution in [0.5, 0.6) is 0 Å².